The first kappa shape index (κ1) is 13.5. The fourth-order valence-electron chi connectivity index (χ4n) is 1.62. The monoisotopic (exact) mass is 256 g/mol. The van der Waals surface area contributed by atoms with Crippen molar-refractivity contribution in [3.05, 3.63) is 0 Å². The van der Waals surface area contributed by atoms with Crippen molar-refractivity contribution in [2.45, 2.75) is 44.9 Å². The molecule has 0 amide bonds. The number of hydrogen-bond acceptors (Lipinski definition) is 2. The smallest absolute Gasteiger partial charge is 0.139 e. The molecule has 0 N–H and O–H groups in total. The summed E-state index contributed by atoms with van der Waals surface area (Å²) in [7, 11) is 0. The Morgan fingerprint density at radius 2 is 1.64 bits per heavy atom. The minimum Gasteiger partial charge on any atom is -0.197 e. The molecule has 0 aliphatic rings. The van der Waals surface area contributed by atoms with Gasteiger partial charge in [0, 0.05) is 9.74 Å². The molecule has 3 heteroatoms. The third-order valence-electron chi connectivity index (χ3n) is 3.02. The molecule has 0 rings (SSSR count). The Morgan fingerprint density at radius 1 is 1.21 bits per heavy atom. The van der Waals surface area contributed by atoms with Gasteiger partial charge in [-0.25, -0.2) is 0 Å². The minimum absolute atomic E-state index is 0.202. The number of alkyl halides is 1. The van der Waals surface area contributed by atoms with Crippen LogP contribution in [-0.2, 0) is 0 Å². The molecule has 0 spiro atoms. The van der Waals surface area contributed by atoms with E-state index in [-0.39, 0.29) is 9.74 Å². The number of hydrogen-bond donors (Lipinski definition) is 0. The molecule has 78 valence electrons. The molecule has 14 heavy (non-hydrogen) atoms. The summed E-state index contributed by atoms with van der Waals surface area (Å²) in [6, 6.07) is 4.19. The molecule has 0 bridgehead atoms. The summed E-state index contributed by atoms with van der Waals surface area (Å²) < 4.78 is -0.202. The lowest BCUT2D eigenvalue weighted by atomic mass is 9.67. The van der Waals surface area contributed by atoms with Gasteiger partial charge in [0.2, 0.25) is 0 Å². The van der Waals surface area contributed by atoms with E-state index < -0.39 is 5.92 Å². The zero-order chi connectivity index (χ0) is 11.4. The molecule has 2 nitrogen and oxygen atoms in total. The lowest BCUT2D eigenvalue weighted by Gasteiger charge is -2.41. The van der Waals surface area contributed by atoms with E-state index in [2.05, 4.69) is 35.0 Å². The topological polar surface area (TPSA) is 47.6 Å². The number of nitriles is 2. The van der Waals surface area contributed by atoms with Crippen LogP contribution in [0, 0.1) is 34.0 Å². The molecule has 0 aromatic rings. The van der Waals surface area contributed by atoms with E-state index in [1.165, 1.54) is 0 Å². The lowest BCUT2D eigenvalue weighted by Crippen LogP contribution is -2.41. The van der Waals surface area contributed by atoms with Crippen molar-refractivity contribution < 1.29 is 0 Å². The van der Waals surface area contributed by atoms with Crippen LogP contribution in [0.2, 0.25) is 0 Å². The fraction of sp³-hybridized carbons (Fsp3) is 0.818. The van der Waals surface area contributed by atoms with Crippen molar-refractivity contribution in [2.75, 3.05) is 0 Å². The molecular formula is C11H17BrN2. The quantitative estimate of drug-likeness (QED) is 0.722. The van der Waals surface area contributed by atoms with Crippen LogP contribution in [-0.4, -0.2) is 4.32 Å². The second-order valence-electron chi connectivity index (χ2n) is 4.33. The van der Waals surface area contributed by atoms with Crippen molar-refractivity contribution in [3.63, 3.8) is 0 Å². The maximum Gasteiger partial charge on any atom is 0.139 e. The highest BCUT2D eigenvalue weighted by atomic mass is 79.9. The van der Waals surface area contributed by atoms with Crippen LogP contribution in [0.3, 0.4) is 0 Å². The standard InChI is InChI=1S/C11H17BrN2/c1-5-6-11(4,10(2,3)12)9(7-13)8-14/h9H,5-6H2,1-4H3. The van der Waals surface area contributed by atoms with Gasteiger partial charge in [0.05, 0.1) is 12.1 Å². The molecule has 1 unspecified atom stereocenters. The van der Waals surface area contributed by atoms with E-state index in [0.717, 1.165) is 12.8 Å². The van der Waals surface area contributed by atoms with Crippen LogP contribution in [0.25, 0.3) is 0 Å². The number of rotatable bonds is 4. The zero-order valence-electron chi connectivity index (χ0n) is 9.26. The highest BCUT2D eigenvalue weighted by molar-refractivity contribution is 9.10. The number of halogens is 1. The average Bonchev–Trinajstić information content (AvgIpc) is 2.04. The molecule has 0 saturated heterocycles. The Hall–Kier alpha value is -0.540. The molecule has 0 fully saturated rings. The molecule has 0 aromatic heterocycles. The summed E-state index contributed by atoms with van der Waals surface area (Å²) in [5.41, 5.74) is -0.300. The van der Waals surface area contributed by atoms with Crippen LogP contribution in [0.15, 0.2) is 0 Å². The van der Waals surface area contributed by atoms with E-state index in [4.69, 9.17) is 10.5 Å². The van der Waals surface area contributed by atoms with Crippen molar-refractivity contribution >= 4 is 15.9 Å². The minimum atomic E-state index is -0.558. The third kappa shape index (κ3) is 2.49. The first-order valence-corrected chi connectivity index (χ1v) is 5.61. The first-order valence-electron chi connectivity index (χ1n) is 4.81. The Balaban J connectivity index is 5.12. The highest BCUT2D eigenvalue weighted by Gasteiger charge is 2.45. The van der Waals surface area contributed by atoms with Gasteiger partial charge in [-0.2, -0.15) is 10.5 Å². The number of nitrogens with zero attached hydrogens (tertiary/aromatic N) is 2. The van der Waals surface area contributed by atoms with E-state index in [9.17, 15) is 0 Å². The lowest BCUT2D eigenvalue weighted by molar-refractivity contribution is 0.195. The van der Waals surface area contributed by atoms with E-state index in [1.807, 2.05) is 20.8 Å². The van der Waals surface area contributed by atoms with Crippen molar-refractivity contribution in [1.82, 2.24) is 0 Å². The highest BCUT2D eigenvalue weighted by Crippen LogP contribution is 2.47. The second-order valence-corrected chi connectivity index (χ2v) is 6.31. The Kier molecular flexibility index (Phi) is 4.62. The first-order chi connectivity index (χ1) is 6.33. The summed E-state index contributed by atoms with van der Waals surface area (Å²) in [6.07, 6.45) is 1.85. The summed E-state index contributed by atoms with van der Waals surface area (Å²) in [4.78, 5) is 0. The van der Waals surface area contributed by atoms with Gasteiger partial charge in [0.15, 0.2) is 0 Å². The van der Waals surface area contributed by atoms with Gasteiger partial charge >= 0.3 is 0 Å². The van der Waals surface area contributed by atoms with Gasteiger partial charge in [-0.3, -0.25) is 0 Å². The van der Waals surface area contributed by atoms with Crippen LogP contribution < -0.4 is 0 Å². The summed E-state index contributed by atoms with van der Waals surface area (Å²) in [5.74, 6) is -0.558. The van der Waals surface area contributed by atoms with Crippen LogP contribution in [0.4, 0.5) is 0 Å². The Bertz CT molecular complexity index is 252. The average molecular weight is 257 g/mol. The van der Waals surface area contributed by atoms with Gasteiger partial charge in [-0.1, -0.05) is 36.2 Å². The van der Waals surface area contributed by atoms with Crippen molar-refractivity contribution in [3.8, 4) is 12.1 Å². The SMILES string of the molecule is CCCC(C)(C(C#N)C#N)C(C)(C)Br. The molecule has 1 atom stereocenters. The maximum absolute atomic E-state index is 8.96. The molecule has 0 radical (unpaired) electrons. The summed E-state index contributed by atoms with van der Waals surface area (Å²) >= 11 is 3.58. The molecule has 0 saturated carbocycles. The molecule has 0 aromatic carbocycles. The van der Waals surface area contributed by atoms with Crippen LogP contribution >= 0.6 is 15.9 Å². The predicted octanol–water partition coefficient (Wildman–Crippen LogP) is 3.63. The van der Waals surface area contributed by atoms with E-state index in [0.29, 0.717) is 0 Å². The molecule has 0 heterocycles. The van der Waals surface area contributed by atoms with Crippen molar-refractivity contribution in [1.29, 1.82) is 10.5 Å². The fourth-order valence-corrected chi connectivity index (χ4v) is 2.05. The van der Waals surface area contributed by atoms with E-state index >= 15 is 0 Å². The molecule has 0 aliphatic carbocycles. The summed E-state index contributed by atoms with van der Waals surface area (Å²) in [5, 5.41) is 17.9. The normalized spacial score (nSPS) is 15.7. The zero-order valence-corrected chi connectivity index (χ0v) is 10.8. The molecular weight excluding hydrogens is 240 g/mol. The van der Waals surface area contributed by atoms with Crippen molar-refractivity contribution in [2.24, 2.45) is 11.3 Å². The van der Waals surface area contributed by atoms with Gasteiger partial charge < -0.3 is 0 Å². The predicted molar refractivity (Wildman–Crippen MR) is 60.7 cm³/mol. The summed E-state index contributed by atoms with van der Waals surface area (Å²) in [6.45, 7) is 8.11. The maximum atomic E-state index is 8.96. The van der Waals surface area contributed by atoms with Gasteiger partial charge in [0.1, 0.15) is 5.92 Å². The Labute approximate surface area is 95.0 Å². The van der Waals surface area contributed by atoms with Crippen LogP contribution in [0.5, 0.6) is 0 Å². The Morgan fingerprint density at radius 3 is 1.86 bits per heavy atom. The van der Waals surface area contributed by atoms with Gasteiger partial charge in [-0.15, -0.1) is 0 Å². The van der Waals surface area contributed by atoms with Gasteiger partial charge in [0.25, 0.3) is 0 Å². The molecule has 0 aliphatic heterocycles. The third-order valence-corrected chi connectivity index (χ3v) is 3.93. The van der Waals surface area contributed by atoms with E-state index in [1.54, 1.807) is 0 Å². The largest absolute Gasteiger partial charge is 0.197 e. The second kappa shape index (κ2) is 4.80. The van der Waals surface area contributed by atoms with Crippen LogP contribution in [0.1, 0.15) is 40.5 Å². The van der Waals surface area contributed by atoms with Gasteiger partial charge in [-0.05, 0) is 20.3 Å².